The SMILES string of the molecule is COc1cnc(N[C@H]2CC[C@H](Nc3ccc(-n4cc(-c5ccc(F)cc5)c(/C=C/[C@@H](O)C[C@@H](O)CC(=O)O)c(C(C)C)c4=O)cn3)C2)nc1. The molecule has 0 saturated heterocycles. The third-order valence-corrected chi connectivity index (χ3v) is 8.44. The number of rotatable bonds is 14. The number of halogens is 1. The van der Waals surface area contributed by atoms with Gasteiger partial charge in [0.1, 0.15) is 11.6 Å². The molecule has 4 atom stereocenters. The van der Waals surface area contributed by atoms with E-state index < -0.39 is 30.4 Å². The van der Waals surface area contributed by atoms with Crippen LogP contribution in [0.25, 0.3) is 22.9 Å². The second-order valence-corrected chi connectivity index (χ2v) is 12.5. The number of methoxy groups -OCH3 is 1. The zero-order chi connectivity index (χ0) is 35.1. The predicted molar refractivity (Wildman–Crippen MR) is 184 cm³/mol. The summed E-state index contributed by atoms with van der Waals surface area (Å²) in [6, 6.07) is 9.92. The van der Waals surface area contributed by atoms with E-state index in [1.54, 1.807) is 50.1 Å². The molecular formula is C36H41FN6O6. The summed E-state index contributed by atoms with van der Waals surface area (Å²) in [4.78, 5) is 38.2. The predicted octanol–water partition coefficient (Wildman–Crippen LogP) is 5.01. The maximum absolute atomic E-state index is 14.0. The van der Waals surface area contributed by atoms with E-state index in [4.69, 9.17) is 9.84 Å². The van der Waals surface area contributed by atoms with Crippen molar-refractivity contribution >= 4 is 23.8 Å². The fraction of sp³-hybridized carbons (Fsp3) is 0.361. The number of benzene rings is 1. The lowest BCUT2D eigenvalue weighted by Gasteiger charge is -2.19. The normalized spacial score (nSPS) is 17.3. The fourth-order valence-corrected chi connectivity index (χ4v) is 6.03. The van der Waals surface area contributed by atoms with Crippen LogP contribution in [-0.4, -0.2) is 72.2 Å². The Morgan fingerprint density at radius 2 is 1.73 bits per heavy atom. The summed E-state index contributed by atoms with van der Waals surface area (Å²) in [5.41, 5.74) is 2.51. The van der Waals surface area contributed by atoms with Crippen molar-refractivity contribution in [2.45, 2.75) is 76.2 Å². The molecule has 4 aromatic rings. The van der Waals surface area contributed by atoms with Crippen LogP contribution in [0.1, 0.15) is 63.0 Å². The number of carboxylic acid groups (broad SMARTS) is 1. The summed E-state index contributed by atoms with van der Waals surface area (Å²) in [5.74, 6) is -0.0122. The van der Waals surface area contributed by atoms with Gasteiger partial charge < -0.3 is 30.7 Å². The highest BCUT2D eigenvalue weighted by Crippen LogP contribution is 2.31. The Morgan fingerprint density at radius 3 is 2.35 bits per heavy atom. The minimum absolute atomic E-state index is 0.182. The van der Waals surface area contributed by atoms with Gasteiger partial charge >= 0.3 is 5.97 Å². The van der Waals surface area contributed by atoms with E-state index in [1.165, 1.54) is 22.8 Å². The number of hydrogen-bond acceptors (Lipinski definition) is 10. The lowest BCUT2D eigenvalue weighted by atomic mass is 9.91. The van der Waals surface area contributed by atoms with Crippen molar-refractivity contribution in [3.8, 4) is 22.6 Å². The summed E-state index contributed by atoms with van der Waals surface area (Å²) in [6.45, 7) is 3.77. The van der Waals surface area contributed by atoms with Gasteiger partial charge in [0, 0.05) is 35.8 Å². The van der Waals surface area contributed by atoms with Gasteiger partial charge in [-0.15, -0.1) is 0 Å². The fourth-order valence-electron chi connectivity index (χ4n) is 6.03. The third kappa shape index (κ3) is 9.06. The third-order valence-electron chi connectivity index (χ3n) is 8.44. The first kappa shape index (κ1) is 35.2. The van der Waals surface area contributed by atoms with Gasteiger partial charge in [-0.2, -0.15) is 0 Å². The molecule has 0 aliphatic heterocycles. The second kappa shape index (κ2) is 15.8. The largest absolute Gasteiger partial charge is 0.494 e. The standard InChI is InChI=1S/C36H41FN6O6/c1-21(2)34-30(12-11-27(44)15-28(45)16-33(46)47)31(22-4-6-23(37)7-5-22)20-43(35(34)48)26-10-13-32(38-17-26)41-24-8-9-25(14-24)42-36-39-18-29(49-3)19-40-36/h4-7,10-13,17-21,24-25,27-28,44-45H,8-9,14-16H2,1-3H3,(H,38,41)(H,46,47)(H,39,40,42)/b12-11+/t24-,25-,27+,28+/m0/s1. The minimum atomic E-state index is -1.24. The number of carbonyl (C=O) groups is 1. The van der Waals surface area contributed by atoms with Crippen molar-refractivity contribution in [3.63, 3.8) is 0 Å². The van der Waals surface area contributed by atoms with Gasteiger partial charge in [-0.3, -0.25) is 14.2 Å². The second-order valence-electron chi connectivity index (χ2n) is 12.5. The summed E-state index contributed by atoms with van der Waals surface area (Å²) >= 11 is 0. The summed E-state index contributed by atoms with van der Waals surface area (Å²) in [7, 11) is 1.57. The van der Waals surface area contributed by atoms with E-state index in [0.717, 1.165) is 19.3 Å². The molecule has 3 aromatic heterocycles. The number of nitrogens with one attached hydrogen (secondary N) is 2. The molecule has 5 rings (SSSR count). The van der Waals surface area contributed by atoms with E-state index in [1.807, 2.05) is 26.0 Å². The molecule has 1 aromatic carbocycles. The minimum Gasteiger partial charge on any atom is -0.494 e. The first-order valence-corrected chi connectivity index (χ1v) is 16.2. The Morgan fingerprint density at radius 1 is 1.04 bits per heavy atom. The molecule has 0 unspecified atom stereocenters. The summed E-state index contributed by atoms with van der Waals surface area (Å²) < 4.78 is 20.6. The molecular weight excluding hydrogens is 631 g/mol. The molecule has 0 bridgehead atoms. The summed E-state index contributed by atoms with van der Waals surface area (Å²) in [6.07, 6.45) is 9.20. The van der Waals surface area contributed by atoms with Crippen LogP contribution in [0.3, 0.4) is 0 Å². The zero-order valence-corrected chi connectivity index (χ0v) is 27.6. The van der Waals surface area contributed by atoms with Crippen molar-refractivity contribution < 1.29 is 29.2 Å². The van der Waals surface area contributed by atoms with Crippen molar-refractivity contribution in [3.05, 3.63) is 94.6 Å². The molecule has 1 aliphatic rings. The highest BCUT2D eigenvalue weighted by molar-refractivity contribution is 5.77. The Bertz CT molecular complexity index is 1810. The molecule has 0 radical (unpaired) electrons. The van der Waals surface area contributed by atoms with Crippen LogP contribution >= 0.6 is 0 Å². The van der Waals surface area contributed by atoms with E-state index in [9.17, 15) is 24.2 Å². The van der Waals surface area contributed by atoms with E-state index in [-0.39, 0.29) is 30.0 Å². The molecule has 1 fully saturated rings. The number of ether oxygens (including phenoxy) is 1. The highest BCUT2D eigenvalue weighted by atomic mass is 19.1. The van der Waals surface area contributed by atoms with Crippen molar-refractivity contribution in [2.75, 3.05) is 17.7 Å². The number of carboxylic acids is 1. The van der Waals surface area contributed by atoms with Crippen molar-refractivity contribution in [2.24, 2.45) is 0 Å². The molecule has 1 aliphatic carbocycles. The van der Waals surface area contributed by atoms with E-state index in [2.05, 4.69) is 25.6 Å². The lowest BCUT2D eigenvalue weighted by molar-refractivity contribution is -0.139. The average molecular weight is 673 g/mol. The number of hydrogen-bond donors (Lipinski definition) is 5. The maximum Gasteiger partial charge on any atom is 0.305 e. The number of aromatic nitrogens is 4. The molecule has 0 spiro atoms. The van der Waals surface area contributed by atoms with Crippen molar-refractivity contribution in [1.82, 2.24) is 19.5 Å². The number of nitrogens with zero attached hydrogens (tertiary/aromatic N) is 4. The van der Waals surface area contributed by atoms with Crippen LogP contribution in [0, 0.1) is 5.82 Å². The average Bonchev–Trinajstić information content (AvgIpc) is 3.50. The smallest absolute Gasteiger partial charge is 0.305 e. The Kier molecular flexibility index (Phi) is 11.4. The van der Waals surface area contributed by atoms with Crippen LogP contribution in [0.4, 0.5) is 16.2 Å². The first-order valence-electron chi connectivity index (χ1n) is 16.2. The maximum atomic E-state index is 14.0. The van der Waals surface area contributed by atoms with Crippen LogP contribution in [-0.2, 0) is 4.79 Å². The van der Waals surface area contributed by atoms with Gasteiger partial charge in [-0.05, 0) is 60.6 Å². The van der Waals surface area contributed by atoms with Gasteiger partial charge in [0.05, 0.1) is 50.0 Å². The monoisotopic (exact) mass is 672 g/mol. The topological polar surface area (TPSA) is 172 Å². The molecule has 1 saturated carbocycles. The van der Waals surface area contributed by atoms with Gasteiger partial charge in [-0.1, -0.05) is 38.1 Å². The quantitative estimate of drug-likeness (QED) is 0.122. The van der Waals surface area contributed by atoms with Crippen molar-refractivity contribution in [1.29, 1.82) is 0 Å². The van der Waals surface area contributed by atoms with Gasteiger partial charge in [-0.25, -0.2) is 19.3 Å². The van der Waals surface area contributed by atoms with Crippen LogP contribution in [0.15, 0.2) is 72.1 Å². The molecule has 12 nitrogen and oxygen atoms in total. The zero-order valence-electron chi connectivity index (χ0n) is 27.6. The number of pyridine rings is 2. The lowest BCUT2D eigenvalue weighted by Crippen LogP contribution is -2.25. The molecule has 258 valence electrons. The molecule has 0 amide bonds. The van der Waals surface area contributed by atoms with Crippen LogP contribution in [0.2, 0.25) is 0 Å². The van der Waals surface area contributed by atoms with Crippen LogP contribution < -0.4 is 20.9 Å². The number of aliphatic carboxylic acids is 1. The first-order chi connectivity index (χ1) is 23.5. The van der Waals surface area contributed by atoms with Crippen LogP contribution in [0.5, 0.6) is 5.75 Å². The van der Waals surface area contributed by atoms with Gasteiger partial charge in [0.2, 0.25) is 5.95 Å². The highest BCUT2D eigenvalue weighted by Gasteiger charge is 2.26. The molecule has 13 heteroatoms. The molecule has 49 heavy (non-hydrogen) atoms. The Balaban J connectivity index is 1.39. The number of anilines is 2. The number of aliphatic hydroxyl groups is 2. The Hall–Kier alpha value is -5.14. The summed E-state index contributed by atoms with van der Waals surface area (Å²) in [5, 5.41) is 36.3. The van der Waals surface area contributed by atoms with Gasteiger partial charge in [0.15, 0.2) is 5.75 Å². The Labute approximate surface area is 283 Å². The van der Waals surface area contributed by atoms with E-state index >= 15 is 0 Å². The molecule has 3 heterocycles. The number of aliphatic hydroxyl groups excluding tert-OH is 2. The van der Waals surface area contributed by atoms with Gasteiger partial charge in [0.25, 0.3) is 5.56 Å². The van der Waals surface area contributed by atoms with E-state index in [0.29, 0.717) is 45.5 Å². The molecule has 5 N–H and O–H groups in total.